The van der Waals surface area contributed by atoms with Crippen molar-refractivity contribution in [3.8, 4) is 0 Å². The summed E-state index contributed by atoms with van der Waals surface area (Å²) in [6.45, 7) is 15.9. The number of amides is 1. The molecule has 0 spiro atoms. The highest BCUT2D eigenvalue weighted by Gasteiger charge is 2.51. The van der Waals surface area contributed by atoms with Crippen LogP contribution in [0, 0.1) is 41.4 Å². The maximum Gasteiger partial charge on any atom is 0.257 e. The maximum absolute atomic E-state index is 14.1. The Balaban J connectivity index is 1.97. The standard InChI is InChI=1S/C27H43NO3/c1-8-10-11-31-27(7)15-21(26(30)28-27)25(29)24-22(17(4)9-2)19(6)14-20-13-16(3)12-18(5)23(20)24/h14-18,20,22-24H,8-13H2,1-7H3,(H,28,30). The first-order chi connectivity index (χ1) is 14.6. The molecule has 0 aromatic rings. The van der Waals surface area contributed by atoms with Gasteiger partial charge in [-0.05, 0) is 74.7 Å². The fourth-order valence-corrected chi connectivity index (χ4v) is 6.64. The van der Waals surface area contributed by atoms with Crippen molar-refractivity contribution < 1.29 is 14.3 Å². The van der Waals surface area contributed by atoms with E-state index in [-0.39, 0.29) is 23.5 Å². The molecule has 0 aromatic heterocycles. The molecule has 0 saturated heterocycles. The Bertz CT molecular complexity index is 754. The summed E-state index contributed by atoms with van der Waals surface area (Å²) in [4.78, 5) is 27.0. The molecule has 1 heterocycles. The van der Waals surface area contributed by atoms with Crippen LogP contribution in [0.3, 0.4) is 0 Å². The second kappa shape index (κ2) is 9.60. The molecule has 3 aliphatic rings. The average molecular weight is 430 g/mol. The Kier molecular flexibility index (Phi) is 7.50. The zero-order valence-corrected chi connectivity index (χ0v) is 20.7. The van der Waals surface area contributed by atoms with Crippen molar-refractivity contribution in [3.63, 3.8) is 0 Å². The highest BCUT2D eigenvalue weighted by molar-refractivity contribution is 6.22. The number of ketones is 1. The molecule has 8 atom stereocenters. The number of fused-ring (bicyclic) bond motifs is 1. The van der Waals surface area contributed by atoms with Gasteiger partial charge in [0, 0.05) is 12.5 Å². The third-order valence-electron chi connectivity index (χ3n) is 8.16. The van der Waals surface area contributed by atoms with E-state index in [1.165, 1.54) is 5.57 Å². The topological polar surface area (TPSA) is 55.4 Å². The average Bonchev–Trinajstić information content (AvgIpc) is 3.00. The summed E-state index contributed by atoms with van der Waals surface area (Å²) in [5, 5.41) is 2.93. The van der Waals surface area contributed by atoms with Gasteiger partial charge in [-0.3, -0.25) is 9.59 Å². The fourth-order valence-electron chi connectivity index (χ4n) is 6.64. The van der Waals surface area contributed by atoms with Gasteiger partial charge in [0.05, 0.1) is 5.57 Å². The van der Waals surface area contributed by atoms with Crippen molar-refractivity contribution in [1.82, 2.24) is 5.32 Å². The zero-order valence-electron chi connectivity index (χ0n) is 20.7. The molecule has 3 rings (SSSR count). The molecule has 31 heavy (non-hydrogen) atoms. The van der Waals surface area contributed by atoms with Crippen LogP contribution in [0.15, 0.2) is 23.3 Å². The summed E-state index contributed by atoms with van der Waals surface area (Å²) in [5.41, 5.74) is 0.780. The molecule has 8 unspecified atom stereocenters. The number of allylic oxidation sites excluding steroid dienone is 2. The van der Waals surface area contributed by atoms with Crippen molar-refractivity contribution in [3.05, 3.63) is 23.3 Å². The van der Waals surface area contributed by atoms with Gasteiger partial charge < -0.3 is 10.1 Å². The number of hydrogen-bond acceptors (Lipinski definition) is 3. The normalized spacial score (nSPS) is 38.7. The fraction of sp³-hybridized carbons (Fsp3) is 0.778. The summed E-state index contributed by atoms with van der Waals surface area (Å²) < 4.78 is 5.96. The molecule has 0 radical (unpaired) electrons. The van der Waals surface area contributed by atoms with Crippen LogP contribution in [0.1, 0.15) is 80.6 Å². The maximum atomic E-state index is 14.1. The van der Waals surface area contributed by atoms with Gasteiger partial charge in [0.15, 0.2) is 11.5 Å². The largest absolute Gasteiger partial charge is 0.352 e. The molecule has 0 bridgehead atoms. The van der Waals surface area contributed by atoms with Gasteiger partial charge in [-0.25, -0.2) is 0 Å². The van der Waals surface area contributed by atoms with E-state index in [0.29, 0.717) is 41.8 Å². The van der Waals surface area contributed by atoms with Gasteiger partial charge in [-0.2, -0.15) is 0 Å². The molecule has 1 amide bonds. The van der Waals surface area contributed by atoms with Crippen LogP contribution in [0.25, 0.3) is 0 Å². The van der Waals surface area contributed by atoms with Gasteiger partial charge in [0.2, 0.25) is 0 Å². The van der Waals surface area contributed by atoms with E-state index < -0.39 is 5.72 Å². The lowest BCUT2D eigenvalue weighted by molar-refractivity contribution is -0.130. The van der Waals surface area contributed by atoms with Crippen LogP contribution in [0.5, 0.6) is 0 Å². The van der Waals surface area contributed by atoms with Crippen LogP contribution in [0.4, 0.5) is 0 Å². The van der Waals surface area contributed by atoms with E-state index in [1.807, 2.05) is 6.92 Å². The van der Waals surface area contributed by atoms with Crippen LogP contribution in [-0.2, 0) is 14.3 Å². The van der Waals surface area contributed by atoms with Crippen LogP contribution >= 0.6 is 0 Å². The monoisotopic (exact) mass is 429 g/mol. The summed E-state index contributed by atoms with van der Waals surface area (Å²) in [5.74, 6) is 2.17. The SMILES string of the molecule is CCCCOC1(C)C=C(C(=O)C2C(C(C)CC)C(C)=CC3CC(C)CC(C)C32)C(=O)N1. The van der Waals surface area contributed by atoms with Crippen LogP contribution in [0.2, 0.25) is 0 Å². The Labute approximate surface area is 189 Å². The van der Waals surface area contributed by atoms with Gasteiger partial charge in [0.25, 0.3) is 5.91 Å². The van der Waals surface area contributed by atoms with Crippen LogP contribution < -0.4 is 5.32 Å². The summed E-state index contributed by atoms with van der Waals surface area (Å²) in [7, 11) is 0. The number of nitrogens with one attached hydrogen (secondary N) is 1. The lowest BCUT2D eigenvalue weighted by Gasteiger charge is -2.49. The van der Waals surface area contributed by atoms with Gasteiger partial charge >= 0.3 is 0 Å². The Hall–Kier alpha value is -1.42. The Morgan fingerprint density at radius 3 is 2.65 bits per heavy atom. The lowest BCUT2D eigenvalue weighted by atomic mass is 9.54. The van der Waals surface area contributed by atoms with Crippen molar-refractivity contribution in [2.24, 2.45) is 41.4 Å². The number of unbranched alkanes of at least 4 members (excludes halogenated alkanes) is 1. The van der Waals surface area contributed by atoms with E-state index in [0.717, 1.165) is 32.1 Å². The summed E-state index contributed by atoms with van der Waals surface area (Å²) in [6.07, 6.45) is 9.54. The van der Waals surface area contributed by atoms with E-state index >= 15 is 0 Å². The first-order valence-electron chi connectivity index (χ1n) is 12.5. The Morgan fingerprint density at radius 1 is 1.29 bits per heavy atom. The number of hydrogen-bond donors (Lipinski definition) is 1. The third kappa shape index (κ3) is 4.84. The summed E-state index contributed by atoms with van der Waals surface area (Å²) in [6, 6.07) is 0. The number of Topliss-reactive ketones (excluding diaryl/α,β-unsaturated/α-hetero) is 1. The number of ether oxygens (including phenoxy) is 1. The number of carbonyl (C=O) groups is 2. The molecular weight excluding hydrogens is 386 g/mol. The molecule has 2 aliphatic carbocycles. The summed E-state index contributed by atoms with van der Waals surface area (Å²) >= 11 is 0. The second-order valence-corrected chi connectivity index (χ2v) is 10.8. The quantitative estimate of drug-likeness (QED) is 0.307. The number of carbonyl (C=O) groups excluding carboxylic acids is 2. The molecule has 4 nitrogen and oxygen atoms in total. The van der Waals surface area contributed by atoms with Crippen molar-refractivity contribution in [1.29, 1.82) is 0 Å². The smallest absolute Gasteiger partial charge is 0.257 e. The van der Waals surface area contributed by atoms with Gasteiger partial charge in [0.1, 0.15) is 0 Å². The van der Waals surface area contributed by atoms with Gasteiger partial charge in [-0.1, -0.05) is 59.1 Å². The van der Waals surface area contributed by atoms with E-state index in [2.05, 4.69) is 52.9 Å². The second-order valence-electron chi connectivity index (χ2n) is 10.8. The third-order valence-corrected chi connectivity index (χ3v) is 8.16. The van der Waals surface area contributed by atoms with E-state index in [9.17, 15) is 9.59 Å². The van der Waals surface area contributed by atoms with Crippen molar-refractivity contribution in [2.75, 3.05) is 6.61 Å². The molecule has 1 fully saturated rings. The van der Waals surface area contributed by atoms with Gasteiger partial charge in [-0.15, -0.1) is 0 Å². The van der Waals surface area contributed by atoms with E-state index in [1.54, 1.807) is 6.08 Å². The predicted molar refractivity (Wildman–Crippen MR) is 125 cm³/mol. The first-order valence-corrected chi connectivity index (χ1v) is 12.5. The zero-order chi connectivity index (χ0) is 22.9. The predicted octanol–water partition coefficient (Wildman–Crippen LogP) is 5.68. The molecular formula is C27H43NO3. The minimum absolute atomic E-state index is 0.0365. The van der Waals surface area contributed by atoms with E-state index in [4.69, 9.17) is 4.74 Å². The van der Waals surface area contributed by atoms with Crippen LogP contribution in [-0.4, -0.2) is 24.0 Å². The molecule has 0 aromatic carbocycles. The molecule has 4 heteroatoms. The molecule has 1 N–H and O–H groups in total. The number of rotatable bonds is 8. The molecule has 174 valence electrons. The van der Waals surface area contributed by atoms with Crippen molar-refractivity contribution in [2.45, 2.75) is 86.3 Å². The first kappa shape index (κ1) is 24.2. The minimum Gasteiger partial charge on any atom is -0.352 e. The minimum atomic E-state index is -0.880. The van der Waals surface area contributed by atoms with Crippen molar-refractivity contribution >= 4 is 11.7 Å². The molecule has 1 saturated carbocycles. The Morgan fingerprint density at radius 2 is 2.00 bits per heavy atom. The highest BCUT2D eigenvalue weighted by Crippen LogP contribution is 2.52. The lowest BCUT2D eigenvalue weighted by Crippen LogP contribution is -2.47. The molecule has 1 aliphatic heterocycles. The highest BCUT2D eigenvalue weighted by atomic mass is 16.5.